The van der Waals surface area contributed by atoms with Gasteiger partial charge < -0.3 is 10.4 Å². The van der Waals surface area contributed by atoms with Gasteiger partial charge in [0.2, 0.25) is 0 Å². The van der Waals surface area contributed by atoms with E-state index in [2.05, 4.69) is 19.2 Å². The first-order valence-corrected chi connectivity index (χ1v) is 6.18. The van der Waals surface area contributed by atoms with E-state index in [1.807, 2.05) is 0 Å². The van der Waals surface area contributed by atoms with Crippen LogP contribution in [0.25, 0.3) is 0 Å². The van der Waals surface area contributed by atoms with E-state index in [0.717, 1.165) is 32.2 Å². The normalized spacial score (nSPS) is 28.1. The third kappa shape index (κ3) is 2.96. The minimum absolute atomic E-state index is 0.329. The van der Waals surface area contributed by atoms with Crippen molar-refractivity contribution in [2.45, 2.75) is 70.4 Å². The first-order chi connectivity index (χ1) is 6.73. The van der Waals surface area contributed by atoms with Crippen LogP contribution >= 0.6 is 0 Å². The Morgan fingerprint density at radius 3 is 2.71 bits per heavy atom. The number of rotatable bonds is 4. The van der Waals surface area contributed by atoms with Gasteiger partial charge in [-0.1, -0.05) is 33.1 Å². The Morgan fingerprint density at radius 2 is 2.07 bits per heavy atom. The minimum atomic E-state index is -0.459. The summed E-state index contributed by atoms with van der Waals surface area (Å²) in [5.41, 5.74) is -0.459. The molecule has 2 nitrogen and oxygen atoms in total. The molecule has 0 spiro atoms. The molecule has 2 unspecified atom stereocenters. The van der Waals surface area contributed by atoms with E-state index in [0.29, 0.717) is 6.04 Å². The van der Waals surface area contributed by atoms with Crippen molar-refractivity contribution in [3.63, 3.8) is 0 Å². The Hall–Kier alpha value is -0.0800. The summed E-state index contributed by atoms with van der Waals surface area (Å²) in [4.78, 5) is 0. The van der Waals surface area contributed by atoms with E-state index in [1.54, 1.807) is 0 Å². The molecule has 0 aromatic rings. The van der Waals surface area contributed by atoms with Crippen molar-refractivity contribution in [3.05, 3.63) is 0 Å². The van der Waals surface area contributed by atoms with Crippen LogP contribution in [-0.4, -0.2) is 23.3 Å². The molecule has 84 valence electrons. The summed E-state index contributed by atoms with van der Waals surface area (Å²) in [6.45, 7) is 5.33. The van der Waals surface area contributed by atoms with Crippen LogP contribution in [0.3, 0.4) is 0 Å². The van der Waals surface area contributed by atoms with E-state index in [1.165, 1.54) is 19.3 Å². The average Bonchev–Trinajstić information content (AvgIpc) is 2.46. The van der Waals surface area contributed by atoms with Gasteiger partial charge in [0, 0.05) is 6.04 Å². The summed E-state index contributed by atoms with van der Waals surface area (Å²) in [6, 6.07) is 0.329. The van der Waals surface area contributed by atoms with Crippen molar-refractivity contribution in [1.29, 1.82) is 0 Å². The second-order valence-corrected chi connectivity index (χ2v) is 4.56. The smallest absolute Gasteiger partial charge is 0.0797 e. The van der Waals surface area contributed by atoms with E-state index in [9.17, 15) is 5.11 Å². The molecule has 0 aromatic heterocycles. The monoisotopic (exact) mass is 199 g/mol. The van der Waals surface area contributed by atoms with Gasteiger partial charge in [-0.3, -0.25) is 0 Å². The van der Waals surface area contributed by atoms with E-state index in [-0.39, 0.29) is 0 Å². The number of hydrogen-bond acceptors (Lipinski definition) is 2. The summed E-state index contributed by atoms with van der Waals surface area (Å²) in [6.07, 6.45) is 7.87. The van der Waals surface area contributed by atoms with Crippen LogP contribution in [0.5, 0.6) is 0 Å². The number of aliphatic hydroxyl groups is 1. The molecule has 1 rings (SSSR count). The highest BCUT2D eigenvalue weighted by molar-refractivity contribution is 4.91. The van der Waals surface area contributed by atoms with Crippen LogP contribution in [0.2, 0.25) is 0 Å². The van der Waals surface area contributed by atoms with Crippen LogP contribution in [0.15, 0.2) is 0 Å². The van der Waals surface area contributed by atoms with E-state index < -0.39 is 5.60 Å². The largest absolute Gasteiger partial charge is 0.388 e. The molecule has 1 aliphatic heterocycles. The van der Waals surface area contributed by atoms with Gasteiger partial charge in [0.25, 0.3) is 0 Å². The molecule has 0 bridgehead atoms. The highest BCUT2D eigenvalue weighted by Gasteiger charge is 2.33. The van der Waals surface area contributed by atoms with E-state index >= 15 is 0 Å². The van der Waals surface area contributed by atoms with Crippen LogP contribution in [0, 0.1) is 0 Å². The fourth-order valence-corrected chi connectivity index (χ4v) is 2.52. The maximum absolute atomic E-state index is 10.5. The highest BCUT2D eigenvalue weighted by Crippen LogP contribution is 2.26. The van der Waals surface area contributed by atoms with E-state index in [4.69, 9.17) is 0 Å². The molecule has 2 N–H and O–H groups in total. The molecule has 14 heavy (non-hydrogen) atoms. The van der Waals surface area contributed by atoms with Gasteiger partial charge in [-0.05, 0) is 32.2 Å². The van der Waals surface area contributed by atoms with Gasteiger partial charge in [-0.15, -0.1) is 0 Å². The van der Waals surface area contributed by atoms with Gasteiger partial charge in [-0.2, -0.15) is 0 Å². The van der Waals surface area contributed by atoms with Gasteiger partial charge in [0.1, 0.15) is 0 Å². The van der Waals surface area contributed by atoms with Gasteiger partial charge in [0.15, 0.2) is 0 Å². The average molecular weight is 199 g/mol. The van der Waals surface area contributed by atoms with Crippen molar-refractivity contribution in [2.24, 2.45) is 0 Å². The molecule has 1 saturated heterocycles. The topological polar surface area (TPSA) is 32.3 Å². The Labute approximate surface area is 88.1 Å². The van der Waals surface area contributed by atoms with Gasteiger partial charge >= 0.3 is 0 Å². The lowest BCUT2D eigenvalue weighted by molar-refractivity contribution is -0.0120. The number of nitrogens with one attached hydrogen (secondary N) is 1. The zero-order chi connectivity index (χ0) is 10.4. The van der Waals surface area contributed by atoms with Gasteiger partial charge in [0.05, 0.1) is 5.60 Å². The molecule has 0 radical (unpaired) electrons. The number of hydrogen-bond donors (Lipinski definition) is 2. The SMILES string of the molecule is CCCC(O)(CC)C1CCCCCN1. The van der Waals surface area contributed by atoms with Crippen molar-refractivity contribution in [3.8, 4) is 0 Å². The quantitative estimate of drug-likeness (QED) is 0.729. The molecule has 1 heterocycles. The first kappa shape index (κ1) is 12.0. The summed E-state index contributed by atoms with van der Waals surface area (Å²) in [5.74, 6) is 0. The zero-order valence-electron chi connectivity index (χ0n) is 9.68. The summed E-state index contributed by atoms with van der Waals surface area (Å²) in [5, 5.41) is 14.0. The standard InChI is InChI=1S/C12H25NO/c1-3-9-12(14,4-2)11-8-6-5-7-10-13-11/h11,13-14H,3-10H2,1-2H3. The third-order valence-electron chi connectivity index (χ3n) is 3.50. The second-order valence-electron chi connectivity index (χ2n) is 4.56. The van der Waals surface area contributed by atoms with Crippen LogP contribution in [-0.2, 0) is 0 Å². The lowest BCUT2D eigenvalue weighted by Gasteiger charge is -2.35. The molecule has 0 amide bonds. The molecule has 1 fully saturated rings. The fraction of sp³-hybridized carbons (Fsp3) is 1.00. The first-order valence-electron chi connectivity index (χ1n) is 6.18. The summed E-state index contributed by atoms with van der Waals surface area (Å²) < 4.78 is 0. The van der Waals surface area contributed by atoms with Crippen molar-refractivity contribution in [2.75, 3.05) is 6.54 Å². The molecule has 2 heteroatoms. The summed E-state index contributed by atoms with van der Waals surface area (Å²) >= 11 is 0. The fourth-order valence-electron chi connectivity index (χ4n) is 2.52. The molecule has 0 aliphatic carbocycles. The summed E-state index contributed by atoms with van der Waals surface area (Å²) in [7, 11) is 0. The van der Waals surface area contributed by atoms with Crippen molar-refractivity contribution >= 4 is 0 Å². The minimum Gasteiger partial charge on any atom is -0.388 e. The molecule has 0 aromatic carbocycles. The van der Waals surface area contributed by atoms with Crippen LogP contribution in [0.4, 0.5) is 0 Å². The predicted molar refractivity (Wildman–Crippen MR) is 60.4 cm³/mol. The Morgan fingerprint density at radius 1 is 1.29 bits per heavy atom. The van der Waals surface area contributed by atoms with Crippen LogP contribution < -0.4 is 5.32 Å². The molecular formula is C12H25NO. The zero-order valence-corrected chi connectivity index (χ0v) is 9.68. The lowest BCUT2D eigenvalue weighted by Crippen LogP contribution is -2.50. The molecular weight excluding hydrogens is 174 g/mol. The van der Waals surface area contributed by atoms with Crippen LogP contribution in [0.1, 0.15) is 58.8 Å². The molecule has 2 atom stereocenters. The highest BCUT2D eigenvalue weighted by atomic mass is 16.3. The maximum Gasteiger partial charge on any atom is 0.0797 e. The Bertz CT molecular complexity index is 152. The maximum atomic E-state index is 10.5. The van der Waals surface area contributed by atoms with Crippen molar-refractivity contribution in [1.82, 2.24) is 5.32 Å². The van der Waals surface area contributed by atoms with Gasteiger partial charge in [-0.25, -0.2) is 0 Å². The third-order valence-corrected chi connectivity index (χ3v) is 3.50. The Balaban J connectivity index is 2.56. The molecule has 0 saturated carbocycles. The second kappa shape index (κ2) is 5.72. The Kier molecular flexibility index (Phi) is 4.90. The molecule has 1 aliphatic rings. The predicted octanol–water partition coefficient (Wildman–Crippen LogP) is 2.46. The lowest BCUT2D eigenvalue weighted by atomic mass is 9.84. The van der Waals surface area contributed by atoms with Crippen molar-refractivity contribution < 1.29 is 5.11 Å².